The van der Waals surface area contributed by atoms with Gasteiger partial charge in [0.15, 0.2) is 6.29 Å². The molecule has 0 unspecified atom stereocenters. The SMILES string of the molecule is O=C1C=CC(=O)N1CC(O)O. The van der Waals surface area contributed by atoms with Crippen molar-refractivity contribution < 1.29 is 19.8 Å². The summed E-state index contributed by atoms with van der Waals surface area (Å²) in [5, 5.41) is 16.9. The summed E-state index contributed by atoms with van der Waals surface area (Å²) >= 11 is 0. The van der Waals surface area contributed by atoms with Gasteiger partial charge in [-0.15, -0.1) is 0 Å². The van der Waals surface area contributed by atoms with Crippen LogP contribution < -0.4 is 0 Å². The summed E-state index contributed by atoms with van der Waals surface area (Å²) in [6, 6.07) is 0. The van der Waals surface area contributed by atoms with E-state index in [-0.39, 0.29) is 6.54 Å². The van der Waals surface area contributed by atoms with Crippen LogP contribution in [0.15, 0.2) is 12.2 Å². The lowest BCUT2D eigenvalue weighted by molar-refractivity contribution is -0.143. The predicted molar refractivity (Wildman–Crippen MR) is 34.1 cm³/mol. The zero-order valence-corrected chi connectivity index (χ0v) is 5.60. The van der Waals surface area contributed by atoms with Gasteiger partial charge in [0.2, 0.25) is 0 Å². The molecule has 1 rings (SSSR count). The van der Waals surface area contributed by atoms with Gasteiger partial charge in [0.1, 0.15) is 0 Å². The maximum atomic E-state index is 10.7. The topological polar surface area (TPSA) is 77.8 Å². The molecule has 0 saturated carbocycles. The molecule has 2 amide bonds. The number of hydrogen-bond donors (Lipinski definition) is 2. The minimum atomic E-state index is -1.66. The van der Waals surface area contributed by atoms with Gasteiger partial charge in [-0.1, -0.05) is 0 Å². The standard InChI is InChI=1S/C6H7NO4/c8-4-1-2-5(9)7(4)3-6(10)11/h1-2,6,10-11H,3H2. The summed E-state index contributed by atoms with van der Waals surface area (Å²) in [7, 11) is 0. The number of nitrogens with zero attached hydrogens (tertiary/aromatic N) is 1. The van der Waals surface area contributed by atoms with Crippen molar-refractivity contribution in [3.63, 3.8) is 0 Å². The molecule has 1 heterocycles. The molecule has 5 heteroatoms. The Morgan fingerprint density at radius 2 is 1.73 bits per heavy atom. The lowest BCUT2D eigenvalue weighted by atomic mass is 10.5. The van der Waals surface area contributed by atoms with Crippen molar-refractivity contribution in [2.24, 2.45) is 0 Å². The van der Waals surface area contributed by atoms with E-state index in [1.54, 1.807) is 0 Å². The number of hydrogen-bond acceptors (Lipinski definition) is 4. The van der Waals surface area contributed by atoms with Crippen molar-refractivity contribution in [2.75, 3.05) is 6.54 Å². The van der Waals surface area contributed by atoms with Crippen molar-refractivity contribution in [3.05, 3.63) is 12.2 Å². The Balaban J connectivity index is 2.59. The monoisotopic (exact) mass is 157 g/mol. The van der Waals surface area contributed by atoms with E-state index in [4.69, 9.17) is 10.2 Å². The Kier molecular flexibility index (Phi) is 2.02. The third-order valence-electron chi connectivity index (χ3n) is 1.25. The number of imide groups is 1. The highest BCUT2D eigenvalue weighted by atomic mass is 16.5. The molecule has 0 aliphatic carbocycles. The van der Waals surface area contributed by atoms with Crippen LogP contribution in [0.3, 0.4) is 0 Å². The molecule has 60 valence electrons. The molecule has 0 aromatic heterocycles. The molecule has 0 bridgehead atoms. The van der Waals surface area contributed by atoms with Gasteiger partial charge in [0.05, 0.1) is 6.54 Å². The number of carbonyl (C=O) groups excluding carboxylic acids is 2. The molecule has 0 fully saturated rings. The molecule has 0 aromatic rings. The fourth-order valence-corrected chi connectivity index (χ4v) is 0.774. The van der Waals surface area contributed by atoms with Crippen LogP contribution in [0.4, 0.5) is 0 Å². The molecule has 5 nitrogen and oxygen atoms in total. The Bertz CT molecular complexity index is 203. The van der Waals surface area contributed by atoms with Gasteiger partial charge in [-0.3, -0.25) is 14.5 Å². The summed E-state index contributed by atoms with van der Waals surface area (Å²) in [6.07, 6.45) is 0.512. The Hall–Kier alpha value is -1.20. The quantitative estimate of drug-likeness (QED) is 0.367. The van der Waals surface area contributed by atoms with Crippen molar-refractivity contribution in [1.29, 1.82) is 0 Å². The summed E-state index contributed by atoms with van der Waals surface area (Å²) in [5.74, 6) is -1.02. The molecule has 1 aliphatic rings. The highest BCUT2D eigenvalue weighted by Gasteiger charge is 2.24. The van der Waals surface area contributed by atoms with E-state index in [1.807, 2.05) is 0 Å². The molecule has 0 aromatic carbocycles. The lowest BCUT2D eigenvalue weighted by Gasteiger charge is -2.13. The van der Waals surface area contributed by atoms with Gasteiger partial charge >= 0.3 is 0 Å². The zero-order valence-electron chi connectivity index (χ0n) is 5.60. The van der Waals surface area contributed by atoms with Gasteiger partial charge < -0.3 is 10.2 Å². The molecule has 0 radical (unpaired) electrons. The number of rotatable bonds is 2. The average molecular weight is 157 g/mol. The summed E-state index contributed by atoms with van der Waals surface area (Å²) in [6.45, 7) is -0.370. The number of amides is 2. The van der Waals surface area contributed by atoms with Crippen LogP contribution in [0.25, 0.3) is 0 Å². The smallest absolute Gasteiger partial charge is 0.253 e. The molecule has 1 aliphatic heterocycles. The van der Waals surface area contributed by atoms with Gasteiger partial charge in [-0.05, 0) is 0 Å². The minimum absolute atomic E-state index is 0.370. The molecule has 11 heavy (non-hydrogen) atoms. The molecule has 0 spiro atoms. The third kappa shape index (κ3) is 1.63. The normalized spacial score (nSPS) is 17.2. The molecule has 0 atom stereocenters. The van der Waals surface area contributed by atoms with Gasteiger partial charge in [-0.25, -0.2) is 0 Å². The van der Waals surface area contributed by atoms with Crippen LogP contribution in [-0.4, -0.2) is 39.8 Å². The lowest BCUT2D eigenvalue weighted by Crippen LogP contribution is -2.36. The van der Waals surface area contributed by atoms with Crippen LogP contribution in [0, 0.1) is 0 Å². The summed E-state index contributed by atoms with van der Waals surface area (Å²) < 4.78 is 0. The molecular formula is C6H7NO4. The summed E-state index contributed by atoms with van der Waals surface area (Å²) in [5.41, 5.74) is 0. The minimum Gasteiger partial charge on any atom is -0.367 e. The van der Waals surface area contributed by atoms with E-state index >= 15 is 0 Å². The maximum absolute atomic E-state index is 10.7. The van der Waals surface area contributed by atoms with E-state index in [1.165, 1.54) is 0 Å². The highest BCUT2D eigenvalue weighted by Crippen LogP contribution is 2.02. The zero-order chi connectivity index (χ0) is 8.43. The third-order valence-corrected chi connectivity index (χ3v) is 1.25. The largest absolute Gasteiger partial charge is 0.367 e. The fourth-order valence-electron chi connectivity index (χ4n) is 0.774. The average Bonchev–Trinajstić information content (AvgIpc) is 2.18. The van der Waals surface area contributed by atoms with Crippen LogP contribution in [0.2, 0.25) is 0 Å². The summed E-state index contributed by atoms with van der Waals surface area (Å²) in [4.78, 5) is 22.2. The number of β-amino-alcohol motifs (C(OH)–C–C–N with tert-alkyl or cyclic N) is 2. The number of carbonyl (C=O) groups is 2. The first-order valence-corrected chi connectivity index (χ1v) is 3.01. The van der Waals surface area contributed by atoms with Crippen LogP contribution in [-0.2, 0) is 9.59 Å². The number of aliphatic hydroxyl groups excluding tert-OH is 1. The molecular weight excluding hydrogens is 150 g/mol. The second-order valence-electron chi connectivity index (χ2n) is 2.10. The second kappa shape index (κ2) is 2.81. The molecule has 0 saturated heterocycles. The van der Waals surface area contributed by atoms with Crippen LogP contribution in [0.5, 0.6) is 0 Å². The maximum Gasteiger partial charge on any atom is 0.253 e. The Morgan fingerprint density at radius 1 is 1.27 bits per heavy atom. The highest BCUT2D eigenvalue weighted by molar-refractivity contribution is 6.12. The van der Waals surface area contributed by atoms with Crippen molar-refractivity contribution in [2.45, 2.75) is 6.29 Å². The first-order chi connectivity index (χ1) is 5.11. The Morgan fingerprint density at radius 3 is 2.09 bits per heavy atom. The van der Waals surface area contributed by atoms with Gasteiger partial charge in [-0.2, -0.15) is 0 Å². The number of aliphatic hydroxyl groups is 2. The first-order valence-electron chi connectivity index (χ1n) is 3.01. The van der Waals surface area contributed by atoms with E-state index in [9.17, 15) is 9.59 Å². The van der Waals surface area contributed by atoms with E-state index in [0.717, 1.165) is 17.1 Å². The van der Waals surface area contributed by atoms with Crippen LogP contribution >= 0.6 is 0 Å². The van der Waals surface area contributed by atoms with E-state index < -0.39 is 18.1 Å². The fraction of sp³-hybridized carbons (Fsp3) is 0.333. The van der Waals surface area contributed by atoms with Gasteiger partial charge in [0.25, 0.3) is 11.8 Å². The van der Waals surface area contributed by atoms with E-state index in [2.05, 4.69) is 0 Å². The van der Waals surface area contributed by atoms with Crippen molar-refractivity contribution in [1.82, 2.24) is 4.90 Å². The van der Waals surface area contributed by atoms with Crippen molar-refractivity contribution in [3.8, 4) is 0 Å². The van der Waals surface area contributed by atoms with Gasteiger partial charge in [0, 0.05) is 12.2 Å². The van der Waals surface area contributed by atoms with E-state index in [0.29, 0.717) is 0 Å². The first kappa shape index (κ1) is 7.90. The van der Waals surface area contributed by atoms with Crippen molar-refractivity contribution >= 4 is 11.8 Å². The Labute approximate surface area is 62.5 Å². The second-order valence-corrected chi connectivity index (χ2v) is 2.10. The molecule has 2 N–H and O–H groups in total. The predicted octanol–water partition coefficient (Wildman–Crippen LogP) is -1.78. The van der Waals surface area contributed by atoms with Crippen LogP contribution in [0.1, 0.15) is 0 Å².